The molecule has 1 amide bonds. The molecule has 0 aromatic heterocycles. The zero-order valence-corrected chi connectivity index (χ0v) is 16.3. The molecule has 0 bridgehead atoms. The Hall–Kier alpha value is -1.83. The molecule has 2 rings (SSSR count). The lowest BCUT2D eigenvalue weighted by Crippen LogP contribution is -2.40. The average Bonchev–Trinajstić information content (AvgIpc) is 2.91. The van der Waals surface area contributed by atoms with Gasteiger partial charge in [-0.15, -0.1) is 0 Å². The molecule has 0 saturated carbocycles. The lowest BCUT2D eigenvalue weighted by molar-refractivity contribution is 0.0507. The van der Waals surface area contributed by atoms with E-state index in [0.29, 0.717) is 29.7 Å². The lowest BCUT2D eigenvalue weighted by Gasteiger charge is -2.23. The lowest BCUT2D eigenvalue weighted by atomic mass is 10.1. The largest absolute Gasteiger partial charge is 0.465 e. The topological polar surface area (TPSA) is 67.9 Å². The quantitative estimate of drug-likeness (QED) is 0.763. The molecule has 0 aliphatic carbocycles. The standard InChI is InChI=1S/C17H22BrFN2O4/c1-17(2,3)25-16(23)20-11-5-6-21(9-11)13-8-10(18)7-12(19)14(13)15(22)24-4/h7-8,11H,5-6,9H2,1-4H3,(H,20,23)/t11-/m1/s1. The molecule has 6 nitrogen and oxygen atoms in total. The number of carbonyl (C=O) groups excluding carboxylic acids is 2. The van der Waals surface area contributed by atoms with Crippen LogP contribution >= 0.6 is 15.9 Å². The van der Waals surface area contributed by atoms with Crippen molar-refractivity contribution in [1.29, 1.82) is 0 Å². The number of ether oxygens (including phenoxy) is 2. The summed E-state index contributed by atoms with van der Waals surface area (Å²) in [5, 5.41) is 2.80. The maximum absolute atomic E-state index is 14.2. The van der Waals surface area contributed by atoms with Crippen LogP contribution in [0.5, 0.6) is 0 Å². The fraction of sp³-hybridized carbons (Fsp3) is 0.529. The number of hydrogen-bond acceptors (Lipinski definition) is 5. The Kier molecular flexibility index (Phi) is 5.92. The molecule has 8 heteroatoms. The van der Waals surface area contributed by atoms with Crippen LogP contribution < -0.4 is 10.2 Å². The van der Waals surface area contributed by atoms with Gasteiger partial charge in [-0.05, 0) is 39.3 Å². The number of alkyl carbamates (subject to hydrolysis) is 1. The first-order valence-corrected chi connectivity index (χ1v) is 8.72. The van der Waals surface area contributed by atoms with Crippen molar-refractivity contribution in [3.8, 4) is 0 Å². The number of halogens is 2. The first kappa shape index (κ1) is 19.5. The van der Waals surface area contributed by atoms with Crippen LogP contribution in [0, 0.1) is 5.82 Å². The second-order valence-electron chi connectivity index (χ2n) is 6.85. The summed E-state index contributed by atoms with van der Waals surface area (Å²) >= 11 is 3.25. The molecule has 1 heterocycles. The van der Waals surface area contributed by atoms with E-state index in [1.165, 1.54) is 13.2 Å². The molecule has 1 fully saturated rings. The average molecular weight is 417 g/mol. The van der Waals surface area contributed by atoms with Crippen molar-refractivity contribution in [1.82, 2.24) is 5.32 Å². The van der Waals surface area contributed by atoms with Gasteiger partial charge in [0.15, 0.2) is 0 Å². The summed E-state index contributed by atoms with van der Waals surface area (Å²) in [6.07, 6.45) is 0.168. The molecule has 1 aromatic rings. The maximum atomic E-state index is 14.2. The smallest absolute Gasteiger partial charge is 0.407 e. The van der Waals surface area contributed by atoms with Crippen molar-refractivity contribution in [3.05, 3.63) is 28.0 Å². The van der Waals surface area contributed by atoms with Gasteiger partial charge in [-0.2, -0.15) is 0 Å². The van der Waals surface area contributed by atoms with Crippen LogP contribution in [0.3, 0.4) is 0 Å². The van der Waals surface area contributed by atoms with Crippen molar-refractivity contribution >= 4 is 33.7 Å². The molecule has 1 N–H and O–H groups in total. The van der Waals surface area contributed by atoms with Gasteiger partial charge in [-0.3, -0.25) is 0 Å². The summed E-state index contributed by atoms with van der Waals surface area (Å²) in [4.78, 5) is 25.7. The summed E-state index contributed by atoms with van der Waals surface area (Å²) < 4.78 is 24.7. The minimum absolute atomic E-state index is 0.108. The van der Waals surface area contributed by atoms with E-state index in [1.54, 1.807) is 26.8 Å². The van der Waals surface area contributed by atoms with Gasteiger partial charge in [0, 0.05) is 17.6 Å². The van der Waals surface area contributed by atoms with Gasteiger partial charge in [0.2, 0.25) is 0 Å². The van der Waals surface area contributed by atoms with Crippen LogP contribution in [0.25, 0.3) is 0 Å². The fourth-order valence-electron chi connectivity index (χ4n) is 2.68. The number of methoxy groups -OCH3 is 1. The highest BCUT2D eigenvalue weighted by atomic mass is 79.9. The van der Waals surface area contributed by atoms with Crippen LogP contribution in [-0.4, -0.2) is 43.9 Å². The van der Waals surface area contributed by atoms with E-state index in [2.05, 4.69) is 21.2 Å². The van der Waals surface area contributed by atoms with E-state index in [4.69, 9.17) is 9.47 Å². The van der Waals surface area contributed by atoms with E-state index in [9.17, 15) is 14.0 Å². The molecule has 0 spiro atoms. The van der Waals surface area contributed by atoms with Crippen molar-refractivity contribution in [2.24, 2.45) is 0 Å². The van der Waals surface area contributed by atoms with Gasteiger partial charge in [0.1, 0.15) is 17.0 Å². The van der Waals surface area contributed by atoms with Crippen LogP contribution in [0.4, 0.5) is 14.9 Å². The zero-order valence-electron chi connectivity index (χ0n) is 14.7. The van der Waals surface area contributed by atoms with Crippen molar-refractivity contribution < 1.29 is 23.5 Å². The first-order chi connectivity index (χ1) is 11.6. The Morgan fingerprint density at radius 2 is 2.04 bits per heavy atom. The van der Waals surface area contributed by atoms with Crippen LogP contribution in [0.15, 0.2) is 16.6 Å². The van der Waals surface area contributed by atoms with Gasteiger partial charge in [0.25, 0.3) is 0 Å². The van der Waals surface area contributed by atoms with E-state index < -0.39 is 23.5 Å². The van der Waals surface area contributed by atoms with E-state index in [-0.39, 0.29) is 11.6 Å². The third-order valence-electron chi connectivity index (χ3n) is 3.67. The van der Waals surface area contributed by atoms with Gasteiger partial charge >= 0.3 is 12.1 Å². The number of benzene rings is 1. The minimum Gasteiger partial charge on any atom is -0.465 e. The number of amides is 1. The molecule has 1 aliphatic rings. The summed E-state index contributed by atoms with van der Waals surface area (Å²) in [5.74, 6) is -1.39. The highest BCUT2D eigenvalue weighted by Gasteiger charge is 2.30. The number of carbonyl (C=O) groups is 2. The Bertz CT molecular complexity index is 675. The Labute approximate surface area is 154 Å². The monoisotopic (exact) mass is 416 g/mol. The predicted molar refractivity (Wildman–Crippen MR) is 95.4 cm³/mol. The Balaban J connectivity index is 2.14. The third-order valence-corrected chi connectivity index (χ3v) is 4.13. The Morgan fingerprint density at radius 3 is 2.64 bits per heavy atom. The highest BCUT2D eigenvalue weighted by molar-refractivity contribution is 9.10. The molecule has 1 aliphatic heterocycles. The molecule has 0 unspecified atom stereocenters. The number of nitrogens with one attached hydrogen (secondary N) is 1. The normalized spacial score (nSPS) is 17.4. The molecule has 1 atom stereocenters. The number of rotatable bonds is 3. The van der Waals surface area contributed by atoms with E-state index >= 15 is 0 Å². The highest BCUT2D eigenvalue weighted by Crippen LogP contribution is 2.31. The van der Waals surface area contributed by atoms with Crippen molar-refractivity contribution in [3.63, 3.8) is 0 Å². The number of esters is 1. The second-order valence-corrected chi connectivity index (χ2v) is 7.77. The van der Waals surface area contributed by atoms with Gasteiger partial charge in [-0.25, -0.2) is 14.0 Å². The second kappa shape index (κ2) is 7.59. The first-order valence-electron chi connectivity index (χ1n) is 7.92. The number of hydrogen-bond donors (Lipinski definition) is 1. The van der Waals surface area contributed by atoms with E-state index in [1.807, 2.05) is 4.90 Å². The van der Waals surface area contributed by atoms with Gasteiger partial charge in [0.05, 0.1) is 18.8 Å². The zero-order chi connectivity index (χ0) is 18.8. The maximum Gasteiger partial charge on any atom is 0.407 e. The number of nitrogens with zero attached hydrogens (tertiary/aromatic N) is 1. The molecular formula is C17H22BrFN2O4. The summed E-state index contributed by atoms with van der Waals surface area (Å²) in [7, 11) is 1.21. The van der Waals surface area contributed by atoms with Crippen LogP contribution in [0.1, 0.15) is 37.6 Å². The summed E-state index contributed by atoms with van der Waals surface area (Å²) in [6, 6.07) is 2.75. The number of anilines is 1. The predicted octanol–water partition coefficient (Wildman–Crippen LogP) is 3.48. The Morgan fingerprint density at radius 1 is 1.36 bits per heavy atom. The molecule has 0 radical (unpaired) electrons. The van der Waals surface area contributed by atoms with Gasteiger partial charge in [-0.1, -0.05) is 15.9 Å². The van der Waals surface area contributed by atoms with E-state index in [0.717, 1.165) is 0 Å². The van der Waals surface area contributed by atoms with Crippen LogP contribution in [-0.2, 0) is 9.47 Å². The summed E-state index contributed by atoms with van der Waals surface area (Å²) in [6.45, 7) is 6.39. The molecular weight excluding hydrogens is 395 g/mol. The van der Waals surface area contributed by atoms with Gasteiger partial charge < -0.3 is 19.7 Å². The third kappa shape index (κ3) is 5.07. The van der Waals surface area contributed by atoms with Crippen LogP contribution in [0.2, 0.25) is 0 Å². The minimum atomic E-state index is -0.733. The fourth-order valence-corrected chi connectivity index (χ4v) is 3.10. The molecule has 1 saturated heterocycles. The van der Waals surface area contributed by atoms with Crippen molar-refractivity contribution in [2.75, 3.05) is 25.1 Å². The molecule has 1 aromatic carbocycles. The van der Waals surface area contributed by atoms with Crippen molar-refractivity contribution in [2.45, 2.75) is 38.8 Å². The SMILES string of the molecule is COC(=O)c1c(F)cc(Br)cc1N1CC[C@@H](NC(=O)OC(C)(C)C)C1. The summed E-state index contributed by atoms with van der Waals surface area (Å²) in [5.41, 5.74) is -0.246. The molecule has 138 valence electrons. The molecule has 25 heavy (non-hydrogen) atoms.